The van der Waals surface area contributed by atoms with Crippen LogP contribution in [0.25, 0.3) is 0 Å². The molecule has 0 bridgehead atoms. The first kappa shape index (κ1) is 12.3. The van der Waals surface area contributed by atoms with Crippen LogP contribution in [0.5, 0.6) is 0 Å². The van der Waals surface area contributed by atoms with Gasteiger partial charge in [0, 0.05) is 11.4 Å². The summed E-state index contributed by atoms with van der Waals surface area (Å²) in [4.78, 5) is 3.51. The summed E-state index contributed by atoms with van der Waals surface area (Å²) in [6.45, 7) is 3.84. The Morgan fingerprint density at radius 1 is 1.29 bits per heavy atom. The Hall–Kier alpha value is -1.19. The third-order valence-electron chi connectivity index (χ3n) is 2.64. The fourth-order valence-electron chi connectivity index (χ4n) is 1.81. The number of benzene rings is 1. The van der Waals surface area contributed by atoms with Gasteiger partial charge in [0.2, 0.25) is 0 Å². The summed E-state index contributed by atoms with van der Waals surface area (Å²) in [6, 6.07) is 9.83. The molecule has 90 valence electrons. The molecule has 0 fully saturated rings. The van der Waals surface area contributed by atoms with Gasteiger partial charge in [-0.1, -0.05) is 23.7 Å². The minimum atomic E-state index is 0.711. The van der Waals surface area contributed by atoms with Crippen LogP contribution in [0, 0.1) is 0 Å². The third-order valence-corrected chi connectivity index (χ3v) is 3.81. The van der Waals surface area contributed by atoms with Crippen LogP contribution in [0.3, 0.4) is 0 Å². The van der Waals surface area contributed by atoms with Crippen LogP contribution in [-0.2, 0) is 6.54 Å². The first-order valence-corrected chi connectivity index (χ1v) is 6.79. The lowest BCUT2D eigenvalue weighted by molar-refractivity contribution is 0.844. The molecule has 2 aromatic rings. The van der Waals surface area contributed by atoms with Crippen molar-refractivity contribution < 1.29 is 0 Å². The molecule has 17 heavy (non-hydrogen) atoms. The molecular weight excluding hydrogens is 252 g/mol. The minimum Gasteiger partial charge on any atom is -0.397 e. The second-order valence-corrected chi connectivity index (χ2v) is 5.21. The van der Waals surface area contributed by atoms with Crippen LogP contribution in [0.1, 0.15) is 11.8 Å². The molecule has 0 aliphatic rings. The van der Waals surface area contributed by atoms with Gasteiger partial charge >= 0.3 is 0 Å². The van der Waals surface area contributed by atoms with Crippen molar-refractivity contribution in [3.63, 3.8) is 0 Å². The van der Waals surface area contributed by atoms with Crippen molar-refractivity contribution >= 4 is 34.3 Å². The molecule has 0 unspecified atom stereocenters. The molecule has 0 atom stereocenters. The molecule has 0 amide bonds. The molecular formula is C13H15ClN2S. The van der Waals surface area contributed by atoms with E-state index in [1.807, 2.05) is 18.2 Å². The molecule has 1 aromatic heterocycles. The van der Waals surface area contributed by atoms with Gasteiger partial charge in [-0.25, -0.2) is 0 Å². The maximum Gasteiger partial charge on any atom is 0.0792 e. The predicted octanol–water partition coefficient (Wildman–Crippen LogP) is 4.01. The molecule has 1 aromatic carbocycles. The highest BCUT2D eigenvalue weighted by atomic mass is 35.5. The number of rotatable bonds is 4. The normalized spacial score (nSPS) is 10.5. The summed E-state index contributed by atoms with van der Waals surface area (Å²) in [5.74, 6) is 0. The molecule has 0 saturated heterocycles. The van der Waals surface area contributed by atoms with Gasteiger partial charge in [0.05, 0.1) is 22.9 Å². The lowest BCUT2D eigenvalue weighted by atomic mass is 10.2. The third kappa shape index (κ3) is 2.73. The number of halogens is 1. The molecule has 0 spiro atoms. The van der Waals surface area contributed by atoms with Crippen LogP contribution < -0.4 is 10.6 Å². The molecule has 2 N–H and O–H groups in total. The van der Waals surface area contributed by atoms with Gasteiger partial charge in [-0.05, 0) is 30.5 Å². The number of nitrogens with two attached hydrogens (primary N) is 1. The van der Waals surface area contributed by atoms with E-state index in [9.17, 15) is 0 Å². The zero-order valence-corrected chi connectivity index (χ0v) is 11.3. The van der Waals surface area contributed by atoms with Gasteiger partial charge in [-0.15, -0.1) is 11.3 Å². The summed E-state index contributed by atoms with van der Waals surface area (Å²) in [6.07, 6.45) is 0. The van der Waals surface area contributed by atoms with E-state index in [0.717, 1.165) is 24.5 Å². The SMILES string of the molecule is CCN(Cc1cccs1)c1c(N)cccc1Cl. The van der Waals surface area contributed by atoms with Crippen molar-refractivity contribution in [2.24, 2.45) is 0 Å². The van der Waals surface area contributed by atoms with E-state index in [1.54, 1.807) is 11.3 Å². The zero-order chi connectivity index (χ0) is 12.3. The largest absolute Gasteiger partial charge is 0.397 e. The van der Waals surface area contributed by atoms with E-state index in [4.69, 9.17) is 17.3 Å². The number of para-hydroxylation sites is 1. The lowest BCUT2D eigenvalue weighted by Crippen LogP contribution is -2.22. The first-order valence-electron chi connectivity index (χ1n) is 5.53. The smallest absolute Gasteiger partial charge is 0.0792 e. The number of hydrogen-bond donors (Lipinski definition) is 1. The lowest BCUT2D eigenvalue weighted by Gasteiger charge is -2.25. The number of thiophene rings is 1. The van der Waals surface area contributed by atoms with Crippen LogP contribution in [0.2, 0.25) is 5.02 Å². The van der Waals surface area contributed by atoms with Crippen molar-refractivity contribution in [3.05, 3.63) is 45.6 Å². The van der Waals surface area contributed by atoms with Crippen LogP contribution in [-0.4, -0.2) is 6.54 Å². The highest BCUT2D eigenvalue weighted by Crippen LogP contribution is 2.33. The predicted molar refractivity (Wildman–Crippen MR) is 76.9 cm³/mol. The Bertz CT molecular complexity index is 462. The molecule has 2 rings (SSSR count). The molecule has 0 aliphatic heterocycles. The van der Waals surface area contributed by atoms with E-state index in [2.05, 4.69) is 29.3 Å². The van der Waals surface area contributed by atoms with Gasteiger partial charge in [0.1, 0.15) is 0 Å². The maximum atomic E-state index is 6.22. The fraction of sp³-hybridized carbons (Fsp3) is 0.231. The molecule has 2 nitrogen and oxygen atoms in total. The molecule has 0 radical (unpaired) electrons. The Balaban J connectivity index is 2.29. The standard InChI is InChI=1S/C13H15ClN2S/c1-2-16(9-10-5-4-8-17-10)13-11(14)6-3-7-12(13)15/h3-8H,2,9,15H2,1H3. The topological polar surface area (TPSA) is 29.3 Å². The second-order valence-electron chi connectivity index (χ2n) is 3.77. The van der Waals surface area contributed by atoms with Gasteiger partial charge in [0.15, 0.2) is 0 Å². The first-order chi connectivity index (χ1) is 8.22. The van der Waals surface area contributed by atoms with E-state index in [0.29, 0.717) is 5.02 Å². The Kier molecular flexibility index (Phi) is 3.92. The minimum absolute atomic E-state index is 0.711. The maximum absolute atomic E-state index is 6.22. The molecule has 0 saturated carbocycles. The van der Waals surface area contributed by atoms with E-state index in [-0.39, 0.29) is 0 Å². The highest BCUT2D eigenvalue weighted by Gasteiger charge is 2.12. The Labute approximate surface area is 111 Å². The number of nitrogen functional groups attached to an aromatic ring is 1. The molecule has 0 aliphatic carbocycles. The van der Waals surface area contributed by atoms with E-state index in [1.165, 1.54) is 4.88 Å². The Morgan fingerprint density at radius 3 is 2.71 bits per heavy atom. The van der Waals surface area contributed by atoms with Gasteiger partial charge < -0.3 is 10.6 Å². The van der Waals surface area contributed by atoms with Crippen molar-refractivity contribution in [3.8, 4) is 0 Å². The summed E-state index contributed by atoms with van der Waals surface area (Å²) >= 11 is 7.97. The van der Waals surface area contributed by atoms with Gasteiger partial charge in [-0.3, -0.25) is 0 Å². The summed E-state index contributed by atoms with van der Waals surface area (Å²) in [7, 11) is 0. The fourth-order valence-corrected chi connectivity index (χ4v) is 2.83. The van der Waals surface area contributed by atoms with Crippen LogP contribution in [0.15, 0.2) is 35.7 Å². The molecule has 1 heterocycles. The van der Waals surface area contributed by atoms with Crippen molar-refractivity contribution in [2.45, 2.75) is 13.5 Å². The Morgan fingerprint density at radius 2 is 2.12 bits per heavy atom. The average molecular weight is 267 g/mol. The highest BCUT2D eigenvalue weighted by molar-refractivity contribution is 7.09. The van der Waals surface area contributed by atoms with E-state index >= 15 is 0 Å². The van der Waals surface area contributed by atoms with Gasteiger partial charge in [0.25, 0.3) is 0 Å². The van der Waals surface area contributed by atoms with Crippen LogP contribution in [0.4, 0.5) is 11.4 Å². The van der Waals surface area contributed by atoms with Crippen molar-refractivity contribution in [1.82, 2.24) is 0 Å². The molecule has 4 heteroatoms. The average Bonchev–Trinajstić information content (AvgIpc) is 2.80. The van der Waals surface area contributed by atoms with E-state index < -0.39 is 0 Å². The summed E-state index contributed by atoms with van der Waals surface area (Å²) in [5, 5.41) is 2.79. The number of nitrogens with zero attached hydrogens (tertiary/aromatic N) is 1. The van der Waals surface area contributed by atoms with Crippen LogP contribution >= 0.6 is 22.9 Å². The zero-order valence-electron chi connectivity index (χ0n) is 9.69. The van der Waals surface area contributed by atoms with Crippen molar-refractivity contribution in [2.75, 3.05) is 17.2 Å². The quantitative estimate of drug-likeness (QED) is 0.848. The second kappa shape index (κ2) is 5.43. The number of hydrogen-bond acceptors (Lipinski definition) is 3. The summed E-state index contributed by atoms with van der Waals surface area (Å²) < 4.78 is 0. The summed E-state index contributed by atoms with van der Waals surface area (Å²) in [5.41, 5.74) is 7.67. The van der Waals surface area contributed by atoms with Crippen molar-refractivity contribution in [1.29, 1.82) is 0 Å². The van der Waals surface area contributed by atoms with Gasteiger partial charge in [-0.2, -0.15) is 0 Å². The monoisotopic (exact) mass is 266 g/mol. The number of anilines is 2.